The van der Waals surface area contributed by atoms with Crippen molar-refractivity contribution in [2.24, 2.45) is 0 Å². The fraction of sp³-hybridized carbons (Fsp3) is 0.348. The highest BCUT2D eigenvalue weighted by Gasteiger charge is 2.46. The lowest BCUT2D eigenvalue weighted by Gasteiger charge is -2.25. The van der Waals surface area contributed by atoms with E-state index < -0.39 is 17.7 Å². The zero-order valence-corrected chi connectivity index (χ0v) is 17.0. The molecule has 0 spiro atoms. The van der Waals surface area contributed by atoms with Crippen LogP contribution in [0.25, 0.3) is 5.76 Å². The molecule has 0 radical (unpaired) electrons. The maximum atomic E-state index is 12.9. The van der Waals surface area contributed by atoms with Crippen LogP contribution in [-0.4, -0.2) is 53.0 Å². The number of carbonyl (C=O) groups excluding carboxylic acids is 2. The SMILES string of the molecule is COCCCN1C(=O)C(=O)C(=C(O)c2ccc3c(c2)C[C@H](C)O3)[C@@H]1c1cccnc1. The highest BCUT2D eigenvalue weighted by molar-refractivity contribution is 6.46. The Balaban J connectivity index is 1.78. The van der Waals surface area contributed by atoms with Crippen LogP contribution < -0.4 is 4.74 Å². The summed E-state index contributed by atoms with van der Waals surface area (Å²) in [5.74, 6) is -0.717. The predicted molar refractivity (Wildman–Crippen MR) is 110 cm³/mol. The van der Waals surface area contributed by atoms with Gasteiger partial charge in [0.05, 0.1) is 11.6 Å². The molecule has 0 aliphatic carbocycles. The number of fused-ring (bicyclic) bond motifs is 1. The summed E-state index contributed by atoms with van der Waals surface area (Å²) in [6, 6.07) is 8.19. The number of hydrogen-bond donors (Lipinski definition) is 1. The number of benzene rings is 1. The van der Waals surface area contributed by atoms with Gasteiger partial charge in [-0.3, -0.25) is 14.6 Å². The molecule has 0 unspecified atom stereocenters. The number of ketones is 1. The molecule has 7 nitrogen and oxygen atoms in total. The number of Topliss-reactive ketones (excluding diaryl/α,β-unsaturated/α-hetero) is 1. The Kier molecular flexibility index (Phi) is 5.55. The van der Waals surface area contributed by atoms with Gasteiger partial charge in [-0.15, -0.1) is 0 Å². The number of aromatic nitrogens is 1. The maximum absolute atomic E-state index is 12.9. The summed E-state index contributed by atoms with van der Waals surface area (Å²) in [4.78, 5) is 31.4. The molecule has 1 fully saturated rings. The summed E-state index contributed by atoms with van der Waals surface area (Å²) in [6.45, 7) is 2.78. The van der Waals surface area contributed by atoms with E-state index in [1.807, 2.05) is 13.0 Å². The quantitative estimate of drug-likeness (QED) is 0.342. The molecule has 156 valence electrons. The summed E-state index contributed by atoms with van der Waals surface area (Å²) in [7, 11) is 1.59. The molecule has 1 aromatic heterocycles. The van der Waals surface area contributed by atoms with Crippen LogP contribution in [0.2, 0.25) is 0 Å². The van der Waals surface area contributed by atoms with E-state index in [0.717, 1.165) is 17.7 Å². The smallest absolute Gasteiger partial charge is 0.295 e. The minimum atomic E-state index is -0.695. The number of carbonyl (C=O) groups is 2. The lowest BCUT2D eigenvalue weighted by Crippen LogP contribution is -2.31. The minimum Gasteiger partial charge on any atom is -0.507 e. The largest absolute Gasteiger partial charge is 0.507 e. The molecule has 2 aliphatic rings. The number of nitrogens with zero attached hydrogens (tertiary/aromatic N) is 2. The first kappa shape index (κ1) is 20.1. The first-order valence-electron chi connectivity index (χ1n) is 9.98. The average Bonchev–Trinajstić information content (AvgIpc) is 3.25. The second-order valence-electron chi connectivity index (χ2n) is 7.58. The van der Waals surface area contributed by atoms with Crippen LogP contribution >= 0.6 is 0 Å². The summed E-state index contributed by atoms with van der Waals surface area (Å²) in [5.41, 5.74) is 2.22. The van der Waals surface area contributed by atoms with Crippen molar-refractivity contribution < 1.29 is 24.2 Å². The van der Waals surface area contributed by atoms with Gasteiger partial charge in [-0.2, -0.15) is 0 Å². The average molecular weight is 408 g/mol. The van der Waals surface area contributed by atoms with Gasteiger partial charge in [0, 0.05) is 44.6 Å². The van der Waals surface area contributed by atoms with Crippen LogP contribution in [0.5, 0.6) is 5.75 Å². The molecular weight excluding hydrogens is 384 g/mol. The molecular formula is C23H24N2O5. The number of amides is 1. The third kappa shape index (κ3) is 3.57. The second kappa shape index (κ2) is 8.28. The topological polar surface area (TPSA) is 89.0 Å². The molecule has 2 aromatic rings. The van der Waals surface area contributed by atoms with Gasteiger partial charge in [0.25, 0.3) is 11.7 Å². The number of ether oxygens (including phenoxy) is 2. The fourth-order valence-electron chi connectivity index (χ4n) is 4.10. The van der Waals surface area contributed by atoms with Crippen molar-refractivity contribution in [3.8, 4) is 5.75 Å². The van der Waals surface area contributed by atoms with Crippen LogP contribution in [0.4, 0.5) is 0 Å². The number of likely N-dealkylation sites (tertiary alicyclic amines) is 1. The first-order chi connectivity index (χ1) is 14.5. The lowest BCUT2D eigenvalue weighted by atomic mass is 9.95. The van der Waals surface area contributed by atoms with Gasteiger partial charge in [0.15, 0.2) is 0 Å². The second-order valence-corrected chi connectivity index (χ2v) is 7.58. The highest BCUT2D eigenvalue weighted by atomic mass is 16.5. The van der Waals surface area contributed by atoms with E-state index in [9.17, 15) is 14.7 Å². The molecule has 1 N–H and O–H groups in total. The molecule has 2 aliphatic heterocycles. The predicted octanol–water partition coefficient (Wildman–Crippen LogP) is 2.86. The van der Waals surface area contributed by atoms with Gasteiger partial charge in [-0.25, -0.2) is 0 Å². The minimum absolute atomic E-state index is 0.0687. The molecule has 30 heavy (non-hydrogen) atoms. The number of rotatable bonds is 6. The van der Waals surface area contributed by atoms with E-state index in [4.69, 9.17) is 9.47 Å². The van der Waals surface area contributed by atoms with Gasteiger partial charge >= 0.3 is 0 Å². The van der Waals surface area contributed by atoms with Crippen molar-refractivity contribution in [2.45, 2.75) is 31.9 Å². The molecule has 7 heteroatoms. The van der Waals surface area contributed by atoms with Crippen molar-refractivity contribution in [2.75, 3.05) is 20.3 Å². The van der Waals surface area contributed by atoms with Gasteiger partial charge in [0.2, 0.25) is 0 Å². The van der Waals surface area contributed by atoms with Crippen molar-refractivity contribution in [3.63, 3.8) is 0 Å². The van der Waals surface area contributed by atoms with Crippen LogP contribution in [0, 0.1) is 0 Å². The summed E-state index contributed by atoms with van der Waals surface area (Å²) < 4.78 is 10.8. The summed E-state index contributed by atoms with van der Waals surface area (Å²) in [6.07, 6.45) is 4.62. The zero-order valence-electron chi connectivity index (χ0n) is 17.0. The Bertz CT molecular complexity index is 1000. The third-order valence-corrected chi connectivity index (χ3v) is 5.46. The van der Waals surface area contributed by atoms with Crippen molar-refractivity contribution in [3.05, 3.63) is 65.0 Å². The Morgan fingerprint density at radius 1 is 1.33 bits per heavy atom. The number of pyridine rings is 1. The summed E-state index contributed by atoms with van der Waals surface area (Å²) in [5, 5.41) is 11.1. The van der Waals surface area contributed by atoms with Gasteiger partial charge in [0.1, 0.15) is 17.6 Å². The van der Waals surface area contributed by atoms with Gasteiger partial charge < -0.3 is 19.5 Å². The third-order valence-electron chi connectivity index (χ3n) is 5.46. The van der Waals surface area contributed by atoms with E-state index >= 15 is 0 Å². The molecule has 0 bridgehead atoms. The van der Waals surface area contributed by atoms with E-state index in [1.54, 1.807) is 43.8 Å². The summed E-state index contributed by atoms with van der Waals surface area (Å²) >= 11 is 0. The number of hydrogen-bond acceptors (Lipinski definition) is 6. The molecule has 1 saturated heterocycles. The normalized spacial score (nSPS) is 22.3. The lowest BCUT2D eigenvalue weighted by molar-refractivity contribution is -0.140. The molecule has 3 heterocycles. The van der Waals surface area contributed by atoms with Crippen LogP contribution in [0.3, 0.4) is 0 Å². The van der Waals surface area contributed by atoms with Crippen LogP contribution in [0.1, 0.15) is 36.1 Å². The Morgan fingerprint density at radius 3 is 2.90 bits per heavy atom. The van der Waals surface area contributed by atoms with Crippen molar-refractivity contribution >= 4 is 17.4 Å². The van der Waals surface area contributed by atoms with Crippen molar-refractivity contribution in [1.82, 2.24) is 9.88 Å². The van der Waals surface area contributed by atoms with E-state index in [1.165, 1.54) is 4.90 Å². The molecule has 4 rings (SSSR count). The zero-order chi connectivity index (χ0) is 21.3. The monoisotopic (exact) mass is 408 g/mol. The van der Waals surface area contributed by atoms with Gasteiger partial charge in [-0.1, -0.05) is 6.07 Å². The Morgan fingerprint density at radius 2 is 2.17 bits per heavy atom. The molecule has 1 aromatic carbocycles. The Labute approximate surface area is 174 Å². The fourth-order valence-corrected chi connectivity index (χ4v) is 4.10. The molecule has 1 amide bonds. The van der Waals surface area contributed by atoms with Gasteiger partial charge in [-0.05, 0) is 48.7 Å². The van der Waals surface area contributed by atoms with Crippen LogP contribution in [-0.2, 0) is 20.7 Å². The molecule has 2 atom stereocenters. The molecule has 0 saturated carbocycles. The highest BCUT2D eigenvalue weighted by Crippen LogP contribution is 2.40. The first-order valence-corrected chi connectivity index (χ1v) is 9.98. The van der Waals surface area contributed by atoms with E-state index in [-0.39, 0.29) is 17.4 Å². The number of aliphatic hydroxyl groups is 1. The van der Waals surface area contributed by atoms with Crippen LogP contribution in [0.15, 0.2) is 48.3 Å². The number of aliphatic hydroxyl groups excluding tert-OH is 1. The van der Waals surface area contributed by atoms with E-state index in [0.29, 0.717) is 30.7 Å². The maximum Gasteiger partial charge on any atom is 0.295 e. The standard InChI is InChI=1S/C23H24N2O5/c1-14-11-17-12-15(6-7-18(17)30-14)21(26)19-20(16-5-3-8-24-13-16)25(9-4-10-29-2)23(28)22(19)27/h3,5-8,12-14,20,26H,4,9-11H2,1-2H3/t14-,20-/m0/s1. The number of methoxy groups -OCH3 is 1. The Hall–Kier alpha value is -3.19. The van der Waals surface area contributed by atoms with Crippen molar-refractivity contribution in [1.29, 1.82) is 0 Å². The van der Waals surface area contributed by atoms with E-state index in [2.05, 4.69) is 4.98 Å².